The average Bonchev–Trinajstić information content (AvgIpc) is 3.51. The van der Waals surface area contributed by atoms with Gasteiger partial charge in [-0.25, -0.2) is 13.8 Å². The lowest BCUT2D eigenvalue weighted by atomic mass is 10.1. The van der Waals surface area contributed by atoms with Crippen LogP contribution in [0.3, 0.4) is 0 Å². The van der Waals surface area contributed by atoms with Crippen molar-refractivity contribution in [3.63, 3.8) is 0 Å². The number of aromatic nitrogens is 2. The third kappa shape index (κ3) is 6.30. The van der Waals surface area contributed by atoms with Gasteiger partial charge in [-0.2, -0.15) is 0 Å². The maximum atomic E-state index is 12.9. The van der Waals surface area contributed by atoms with Crippen LogP contribution in [0.25, 0.3) is 0 Å². The number of nitrogens with zero attached hydrogens (tertiary/aromatic N) is 2. The highest BCUT2D eigenvalue weighted by atomic mass is 19.3. The monoisotopic (exact) mass is 417 g/mol. The summed E-state index contributed by atoms with van der Waals surface area (Å²) in [6.45, 7) is 3.60. The third-order valence-corrected chi connectivity index (χ3v) is 4.74. The average molecular weight is 417 g/mol. The molecule has 0 radical (unpaired) electrons. The summed E-state index contributed by atoms with van der Waals surface area (Å²) in [4.78, 5) is 33.1. The first-order chi connectivity index (χ1) is 14.1. The van der Waals surface area contributed by atoms with Crippen LogP contribution in [0.2, 0.25) is 0 Å². The van der Waals surface area contributed by atoms with Crippen molar-refractivity contribution in [3.8, 4) is 5.88 Å². The van der Waals surface area contributed by atoms with Crippen LogP contribution in [-0.2, 0) is 11.2 Å². The molecule has 1 saturated carbocycles. The van der Waals surface area contributed by atoms with Gasteiger partial charge in [0.2, 0.25) is 5.88 Å². The van der Waals surface area contributed by atoms with E-state index in [4.69, 9.17) is 4.74 Å². The minimum Gasteiger partial charge on any atom is -0.471 e. The lowest BCUT2D eigenvalue weighted by Crippen LogP contribution is -2.27. The van der Waals surface area contributed by atoms with E-state index in [1.165, 1.54) is 12.3 Å². The smallest absolute Gasteiger partial charge is 0.278 e. The molecule has 6 nitrogen and oxygen atoms in total. The number of nitrogens with one attached hydrogen (secondary N) is 1. The first-order valence-electron chi connectivity index (χ1n) is 9.88. The standard InChI is InChI=1S/C22H25F2N3O3/c1-13-8-17(9-18(26-13)10-19(28)15-4-5-15)21(29)27-14(2)16-6-7-20(25-11-16)30-12-22(3,23)24/h6-9,11,14-15H,4-5,10,12H2,1-3H3,(H,27,29). The van der Waals surface area contributed by atoms with E-state index in [0.717, 1.165) is 19.8 Å². The summed E-state index contributed by atoms with van der Waals surface area (Å²) in [7, 11) is 0. The summed E-state index contributed by atoms with van der Waals surface area (Å²) in [5.41, 5.74) is 2.41. The minimum absolute atomic E-state index is 0.0912. The van der Waals surface area contributed by atoms with Crippen molar-refractivity contribution in [2.75, 3.05) is 6.61 Å². The lowest BCUT2D eigenvalue weighted by molar-refractivity contribution is -0.119. The fraction of sp³-hybridized carbons (Fsp3) is 0.455. The molecule has 0 saturated heterocycles. The molecule has 1 amide bonds. The second-order valence-corrected chi connectivity index (χ2v) is 7.89. The lowest BCUT2D eigenvalue weighted by Gasteiger charge is -2.16. The molecule has 2 aromatic rings. The molecular weight excluding hydrogens is 392 g/mol. The Morgan fingerprint density at radius 2 is 2.03 bits per heavy atom. The Bertz CT molecular complexity index is 922. The largest absolute Gasteiger partial charge is 0.471 e. The van der Waals surface area contributed by atoms with E-state index in [9.17, 15) is 18.4 Å². The highest BCUT2D eigenvalue weighted by Gasteiger charge is 2.29. The number of Topliss-reactive ketones (excluding diaryl/α,β-unsaturated/α-hetero) is 1. The van der Waals surface area contributed by atoms with Crippen molar-refractivity contribution >= 4 is 11.7 Å². The van der Waals surface area contributed by atoms with Crippen LogP contribution in [0, 0.1) is 12.8 Å². The number of pyridine rings is 2. The van der Waals surface area contributed by atoms with E-state index in [2.05, 4.69) is 15.3 Å². The van der Waals surface area contributed by atoms with Crippen molar-refractivity contribution < 1.29 is 23.1 Å². The number of hydrogen-bond acceptors (Lipinski definition) is 5. The quantitative estimate of drug-likeness (QED) is 0.671. The Labute approximate surface area is 174 Å². The minimum atomic E-state index is -2.94. The number of ketones is 1. The van der Waals surface area contributed by atoms with Crippen LogP contribution in [0.15, 0.2) is 30.5 Å². The van der Waals surface area contributed by atoms with Gasteiger partial charge in [0.25, 0.3) is 11.8 Å². The molecule has 0 aromatic carbocycles. The fourth-order valence-electron chi connectivity index (χ4n) is 2.98. The van der Waals surface area contributed by atoms with Gasteiger partial charge in [-0.15, -0.1) is 0 Å². The van der Waals surface area contributed by atoms with E-state index in [1.54, 1.807) is 32.0 Å². The molecule has 160 valence electrons. The van der Waals surface area contributed by atoms with Crippen molar-refractivity contribution in [1.29, 1.82) is 0 Å². The molecule has 1 atom stereocenters. The Balaban J connectivity index is 1.62. The highest BCUT2D eigenvalue weighted by Crippen LogP contribution is 2.30. The Morgan fingerprint density at radius 3 is 2.63 bits per heavy atom. The number of carbonyl (C=O) groups excluding carboxylic acids is 2. The number of rotatable bonds is 9. The molecule has 0 spiro atoms. The fourth-order valence-corrected chi connectivity index (χ4v) is 2.98. The van der Waals surface area contributed by atoms with Gasteiger partial charge in [-0.3, -0.25) is 14.6 Å². The summed E-state index contributed by atoms with van der Waals surface area (Å²) in [6.07, 6.45) is 3.60. The molecule has 1 aliphatic carbocycles. The van der Waals surface area contributed by atoms with Crippen molar-refractivity contribution in [2.45, 2.75) is 52.0 Å². The maximum Gasteiger partial charge on any atom is 0.278 e. The van der Waals surface area contributed by atoms with Gasteiger partial charge in [-0.1, -0.05) is 6.07 Å². The number of hydrogen-bond donors (Lipinski definition) is 1. The molecule has 1 N–H and O–H groups in total. The van der Waals surface area contributed by atoms with Crippen LogP contribution in [0.5, 0.6) is 5.88 Å². The van der Waals surface area contributed by atoms with Crippen LogP contribution in [0.4, 0.5) is 8.78 Å². The molecule has 3 rings (SSSR count). The van der Waals surface area contributed by atoms with Crippen LogP contribution >= 0.6 is 0 Å². The van der Waals surface area contributed by atoms with Crippen LogP contribution in [-0.4, -0.2) is 34.2 Å². The summed E-state index contributed by atoms with van der Waals surface area (Å²) >= 11 is 0. The Morgan fingerprint density at radius 1 is 1.30 bits per heavy atom. The van der Waals surface area contributed by atoms with Gasteiger partial charge in [0, 0.05) is 48.5 Å². The number of carbonyl (C=O) groups is 2. The predicted octanol–water partition coefficient (Wildman–Crippen LogP) is 3.83. The Kier molecular flexibility index (Phi) is 6.43. The van der Waals surface area contributed by atoms with Crippen molar-refractivity contribution in [3.05, 3.63) is 53.0 Å². The third-order valence-electron chi connectivity index (χ3n) is 4.74. The summed E-state index contributed by atoms with van der Waals surface area (Å²) in [5.74, 6) is -2.82. The molecule has 0 aliphatic heterocycles. The van der Waals surface area contributed by atoms with Crippen LogP contribution < -0.4 is 10.1 Å². The molecule has 1 fully saturated rings. The van der Waals surface area contributed by atoms with E-state index < -0.39 is 12.5 Å². The molecule has 1 aliphatic rings. The topological polar surface area (TPSA) is 81.2 Å². The Hall–Kier alpha value is -2.90. The SMILES string of the molecule is Cc1cc(C(=O)NC(C)c2ccc(OCC(C)(F)F)nc2)cc(CC(=O)C2CC2)n1. The normalized spacial score (nSPS) is 14.8. The number of alkyl halides is 2. The molecule has 2 heterocycles. The number of halogens is 2. The molecule has 1 unspecified atom stereocenters. The predicted molar refractivity (Wildman–Crippen MR) is 107 cm³/mol. The first-order valence-corrected chi connectivity index (χ1v) is 9.88. The second-order valence-electron chi connectivity index (χ2n) is 7.89. The molecular formula is C22H25F2N3O3. The number of amides is 1. The molecule has 30 heavy (non-hydrogen) atoms. The molecule has 0 bridgehead atoms. The van der Waals surface area contributed by atoms with Gasteiger partial charge >= 0.3 is 0 Å². The zero-order valence-electron chi connectivity index (χ0n) is 17.2. The number of ether oxygens (including phenoxy) is 1. The van der Waals surface area contributed by atoms with Crippen molar-refractivity contribution in [2.24, 2.45) is 5.92 Å². The first kappa shape index (κ1) is 21.8. The van der Waals surface area contributed by atoms with Gasteiger partial charge in [0.15, 0.2) is 6.61 Å². The zero-order chi connectivity index (χ0) is 21.9. The summed E-state index contributed by atoms with van der Waals surface area (Å²) < 4.78 is 30.7. The van der Waals surface area contributed by atoms with E-state index in [0.29, 0.717) is 22.5 Å². The summed E-state index contributed by atoms with van der Waals surface area (Å²) in [6, 6.07) is 6.11. The van der Waals surface area contributed by atoms with Gasteiger partial charge < -0.3 is 10.1 Å². The van der Waals surface area contributed by atoms with Gasteiger partial charge in [-0.05, 0) is 44.4 Å². The van der Waals surface area contributed by atoms with Gasteiger partial charge in [0.1, 0.15) is 5.78 Å². The molecule has 2 aromatic heterocycles. The molecule has 8 heteroatoms. The summed E-state index contributed by atoms with van der Waals surface area (Å²) in [5, 5.41) is 2.88. The number of aryl methyl sites for hydroxylation is 1. The van der Waals surface area contributed by atoms with E-state index in [1.807, 2.05) is 0 Å². The van der Waals surface area contributed by atoms with E-state index in [-0.39, 0.29) is 36.0 Å². The van der Waals surface area contributed by atoms with Gasteiger partial charge in [0.05, 0.1) is 6.04 Å². The second kappa shape index (κ2) is 8.85. The highest BCUT2D eigenvalue weighted by molar-refractivity contribution is 5.95. The van der Waals surface area contributed by atoms with E-state index >= 15 is 0 Å². The maximum absolute atomic E-state index is 12.9. The zero-order valence-corrected chi connectivity index (χ0v) is 17.2. The van der Waals surface area contributed by atoms with Crippen LogP contribution in [0.1, 0.15) is 60.0 Å². The van der Waals surface area contributed by atoms with Crippen molar-refractivity contribution in [1.82, 2.24) is 15.3 Å².